The van der Waals surface area contributed by atoms with E-state index >= 15 is 0 Å². The van der Waals surface area contributed by atoms with Crippen molar-refractivity contribution in [2.75, 3.05) is 13.3 Å². The van der Waals surface area contributed by atoms with Gasteiger partial charge in [-0.2, -0.15) is 0 Å². The van der Waals surface area contributed by atoms with Gasteiger partial charge in [0.2, 0.25) is 0 Å². The molecule has 10 aromatic rings. The monoisotopic (exact) mass is 1140 g/mol. The Morgan fingerprint density at radius 2 is 0.817 bits per heavy atom. The molecule has 9 N–H and O–H groups in total. The number of rotatable bonds is 3. The van der Waals surface area contributed by atoms with E-state index in [1.807, 2.05) is 149 Å². The van der Waals surface area contributed by atoms with Gasteiger partial charge in [-0.1, -0.05) is 150 Å². The summed E-state index contributed by atoms with van der Waals surface area (Å²) in [7, 11) is -5.15. The average molecular weight is 1140 g/mol. The molecular formula is C68H72O12P2. The molecular weight excluding hydrogens is 1070 g/mol. The van der Waals surface area contributed by atoms with Crippen LogP contribution in [-0.2, 0) is 9.13 Å². The fourth-order valence-electron chi connectivity index (χ4n) is 7.92. The molecule has 0 aromatic heterocycles. The van der Waals surface area contributed by atoms with Crippen molar-refractivity contribution in [3.05, 3.63) is 251 Å². The molecule has 0 amide bonds. The summed E-state index contributed by atoms with van der Waals surface area (Å²) in [4.78, 5) is 0. The highest BCUT2D eigenvalue weighted by Gasteiger charge is 2.31. The largest absolute Gasteiger partial charge is 0.508 e. The fourth-order valence-corrected chi connectivity index (χ4v) is 11.3. The van der Waals surface area contributed by atoms with Gasteiger partial charge in [0, 0.05) is 33.6 Å². The number of phenolic OH excluding ortho intramolecular Hbond substituents is 8. The van der Waals surface area contributed by atoms with Gasteiger partial charge >= 0.3 is 0 Å². The Morgan fingerprint density at radius 3 is 1.26 bits per heavy atom. The van der Waals surface area contributed by atoms with Crippen LogP contribution >= 0.6 is 14.5 Å². The topological polar surface area (TPSA) is 225 Å². The Labute approximate surface area is 480 Å². The summed E-state index contributed by atoms with van der Waals surface area (Å²) in [5, 5.41) is 85.4. The van der Waals surface area contributed by atoms with Crippen molar-refractivity contribution < 1.29 is 59.6 Å². The number of aliphatic hydroxyl groups excluding tert-OH is 1. The van der Waals surface area contributed by atoms with E-state index in [2.05, 4.69) is 0 Å². The van der Waals surface area contributed by atoms with E-state index in [-0.39, 0.29) is 40.2 Å². The van der Waals surface area contributed by atoms with Gasteiger partial charge in [-0.15, -0.1) is 0 Å². The van der Waals surface area contributed by atoms with Crippen molar-refractivity contribution in [2.24, 2.45) is 0 Å². The number of phenols is 8. The Balaban J connectivity index is 0.000000179. The highest BCUT2D eigenvalue weighted by Crippen LogP contribution is 2.51. The SMILES string of the molecule is CC(O)c1ccc(O)cc1.CP1(=O)Oc2ccccc2-c2ccccc21.Cc1cc(O)c2ccccc2c1O.Cc1cc(O)ccc1O.Cc1cc(O)ccc1O.Cc1ccc(O)cc1.Cc1ccc(P(C)(=O)c2ccc(C)cc2)cc1. The maximum absolute atomic E-state index is 12.8. The van der Waals surface area contributed by atoms with Gasteiger partial charge in [0.15, 0.2) is 0 Å². The van der Waals surface area contributed by atoms with E-state index in [9.17, 15) is 19.3 Å². The van der Waals surface area contributed by atoms with Gasteiger partial charge in [-0.3, -0.25) is 4.57 Å². The van der Waals surface area contributed by atoms with Crippen molar-refractivity contribution in [3.63, 3.8) is 0 Å². The van der Waals surface area contributed by atoms with Crippen molar-refractivity contribution in [1.82, 2.24) is 0 Å². The standard InChI is InChI=1S/C15H17OP.C13H11O2P.C11H10O2.C8H10O2.2C7H8O2.C7H8O/c1-12-4-8-14(9-5-12)17(3,16)15-10-6-13(2)7-11-15;1-16(14)13-9-5-3-7-11(13)10-6-2-4-8-12(10)15-16;1-7-6-10(12)8-4-2-3-5-9(8)11(7)13;1-6(9)7-2-4-8(10)5-3-7;2*1-5-4-6(8)2-3-7(5)9;1-6-2-4-7(8)5-3-6/h4-11H,1-3H3;2-9H,1H3;2-6,12-13H,1H3;2-6,9-10H,1H3;2*2-4,8-9H,1H3;2-5,8H,1H3. The lowest BCUT2D eigenvalue weighted by molar-refractivity contribution is 0.199. The minimum Gasteiger partial charge on any atom is -0.508 e. The van der Waals surface area contributed by atoms with E-state index in [1.165, 1.54) is 53.1 Å². The molecule has 0 radical (unpaired) electrons. The van der Waals surface area contributed by atoms with Crippen LogP contribution < -0.4 is 20.4 Å². The first-order valence-corrected chi connectivity index (χ1v) is 30.3. The number of fused-ring (bicyclic) bond motifs is 4. The van der Waals surface area contributed by atoms with Gasteiger partial charge in [0.1, 0.15) is 58.9 Å². The molecule has 0 spiro atoms. The normalized spacial score (nSPS) is 12.9. The summed E-state index contributed by atoms with van der Waals surface area (Å²) in [5.74, 6) is 2.53. The number of aliphatic hydroxyl groups is 1. The van der Waals surface area contributed by atoms with Gasteiger partial charge in [0.25, 0.3) is 7.37 Å². The second kappa shape index (κ2) is 29.5. The molecule has 10 aromatic carbocycles. The highest BCUT2D eigenvalue weighted by atomic mass is 31.2. The zero-order valence-corrected chi connectivity index (χ0v) is 49.2. The third kappa shape index (κ3) is 18.6. The first-order valence-electron chi connectivity index (χ1n) is 26.1. The molecule has 14 heteroatoms. The van der Waals surface area contributed by atoms with Gasteiger partial charge in [-0.25, -0.2) is 0 Å². The summed E-state index contributed by atoms with van der Waals surface area (Å²) in [6.45, 7) is 16.5. The van der Waals surface area contributed by atoms with E-state index in [0.29, 0.717) is 39.0 Å². The summed E-state index contributed by atoms with van der Waals surface area (Å²) in [6, 6.07) is 62.6. The number of aromatic hydroxyl groups is 8. The van der Waals surface area contributed by atoms with Gasteiger partial charge in [-0.05, 0) is 162 Å². The Hall–Kier alpha value is -8.92. The zero-order valence-electron chi connectivity index (χ0n) is 47.4. The summed E-state index contributed by atoms with van der Waals surface area (Å²) in [6.07, 6.45) is -0.458. The van der Waals surface area contributed by atoms with Crippen molar-refractivity contribution in [2.45, 2.75) is 54.6 Å². The molecule has 426 valence electrons. The minimum atomic E-state index is -2.71. The summed E-state index contributed by atoms with van der Waals surface area (Å²) < 4.78 is 30.8. The van der Waals surface area contributed by atoms with E-state index in [0.717, 1.165) is 32.6 Å². The molecule has 2 atom stereocenters. The molecule has 0 saturated heterocycles. The Bertz CT molecular complexity index is 3650. The lowest BCUT2D eigenvalue weighted by Gasteiger charge is -2.25. The van der Waals surface area contributed by atoms with Crippen LogP contribution in [0.1, 0.15) is 52.0 Å². The van der Waals surface area contributed by atoms with Crippen LogP contribution in [0.5, 0.6) is 51.7 Å². The van der Waals surface area contributed by atoms with Crippen LogP contribution in [0.4, 0.5) is 0 Å². The maximum atomic E-state index is 12.8. The van der Waals surface area contributed by atoms with Crippen molar-refractivity contribution in [1.29, 1.82) is 0 Å². The molecule has 1 aliphatic heterocycles. The smallest absolute Gasteiger partial charge is 0.274 e. The van der Waals surface area contributed by atoms with Crippen LogP contribution in [-0.4, -0.2) is 59.3 Å². The van der Waals surface area contributed by atoms with Crippen LogP contribution in [0.3, 0.4) is 0 Å². The van der Waals surface area contributed by atoms with Crippen LogP contribution in [0.15, 0.2) is 212 Å². The quantitative estimate of drug-likeness (QED) is 0.0595. The summed E-state index contributed by atoms with van der Waals surface area (Å²) >= 11 is 0. The lowest BCUT2D eigenvalue weighted by atomic mass is 10.0. The van der Waals surface area contributed by atoms with Crippen LogP contribution in [0.25, 0.3) is 21.9 Å². The predicted octanol–water partition coefficient (Wildman–Crippen LogP) is 15.0. The van der Waals surface area contributed by atoms with Crippen molar-refractivity contribution in [3.8, 4) is 62.9 Å². The Morgan fingerprint density at radius 1 is 0.427 bits per heavy atom. The third-order valence-electron chi connectivity index (χ3n) is 12.8. The summed E-state index contributed by atoms with van der Waals surface area (Å²) in [5.41, 5.74) is 8.48. The molecule has 1 aliphatic rings. The molecule has 0 saturated carbocycles. The number of benzene rings is 10. The average Bonchev–Trinajstić information content (AvgIpc) is 3.46. The van der Waals surface area contributed by atoms with E-state index < -0.39 is 20.6 Å². The Kier molecular flexibility index (Phi) is 23.0. The fraction of sp³-hybridized carbons (Fsp3) is 0.147. The molecule has 1 heterocycles. The number of para-hydroxylation sites is 1. The van der Waals surface area contributed by atoms with Crippen molar-refractivity contribution >= 4 is 41.2 Å². The minimum absolute atomic E-state index is 0.185. The van der Waals surface area contributed by atoms with E-state index in [4.69, 9.17) is 40.3 Å². The second-order valence-corrected chi connectivity index (χ2v) is 24.9. The molecule has 0 aliphatic carbocycles. The molecule has 11 rings (SSSR count). The third-order valence-corrected chi connectivity index (χ3v) is 17.2. The van der Waals surface area contributed by atoms with Gasteiger partial charge < -0.3 is 55.0 Å². The predicted molar refractivity (Wildman–Crippen MR) is 333 cm³/mol. The lowest BCUT2D eigenvalue weighted by Crippen LogP contribution is -2.16. The molecule has 82 heavy (non-hydrogen) atoms. The number of aryl methyl sites for hydroxylation is 6. The van der Waals surface area contributed by atoms with Gasteiger partial charge in [0.05, 0.1) is 11.4 Å². The highest BCUT2D eigenvalue weighted by molar-refractivity contribution is 7.78. The molecule has 12 nitrogen and oxygen atoms in total. The van der Waals surface area contributed by atoms with E-state index in [1.54, 1.807) is 89.0 Å². The van der Waals surface area contributed by atoms with Crippen LogP contribution in [0, 0.1) is 41.5 Å². The number of hydrogen-bond acceptors (Lipinski definition) is 12. The first-order chi connectivity index (χ1) is 38.8. The molecule has 0 fully saturated rings. The first kappa shape index (κ1) is 63.9. The molecule has 0 bridgehead atoms. The molecule has 2 unspecified atom stereocenters. The number of hydrogen-bond donors (Lipinski definition) is 9. The second-order valence-electron chi connectivity index (χ2n) is 19.7. The van der Waals surface area contributed by atoms with Crippen LogP contribution in [0.2, 0.25) is 0 Å². The zero-order chi connectivity index (χ0) is 60.3. The maximum Gasteiger partial charge on any atom is 0.274 e.